The lowest BCUT2D eigenvalue weighted by atomic mass is 10.2. The van der Waals surface area contributed by atoms with Crippen LogP contribution in [-0.4, -0.2) is 15.9 Å². The molecule has 0 aliphatic heterocycles. The van der Waals surface area contributed by atoms with Crippen LogP contribution in [0.4, 0.5) is 10.8 Å². The lowest BCUT2D eigenvalue weighted by Gasteiger charge is -2.00. The summed E-state index contributed by atoms with van der Waals surface area (Å²) in [5, 5.41) is 15.7. The van der Waals surface area contributed by atoms with Crippen molar-refractivity contribution in [2.45, 2.75) is 0 Å². The van der Waals surface area contributed by atoms with Crippen LogP contribution in [0, 0.1) is 0 Å². The van der Waals surface area contributed by atoms with E-state index in [1.807, 2.05) is 30.3 Å². The van der Waals surface area contributed by atoms with Gasteiger partial charge in [0.25, 0.3) is 0 Å². The second-order valence-corrected chi connectivity index (χ2v) is 6.05. The third-order valence-corrected chi connectivity index (χ3v) is 4.25. The number of ketones is 1. The molecule has 2 N–H and O–H groups in total. The number of nitrogens with zero attached hydrogens (tertiary/aromatic N) is 1. The fourth-order valence-electron chi connectivity index (χ4n) is 2.34. The van der Waals surface area contributed by atoms with E-state index in [1.54, 1.807) is 23.6 Å². The first kappa shape index (κ1) is 14.5. The maximum atomic E-state index is 12.5. The van der Waals surface area contributed by atoms with Gasteiger partial charge in [-0.15, -0.1) is 11.3 Å². The number of nitrogens with one attached hydrogen (secondary N) is 1. The number of hydrogen-bond donors (Lipinski definition) is 2. The first-order valence-electron chi connectivity index (χ1n) is 7.24. The smallest absolute Gasteiger partial charge is 0.247 e. The Hall–Kier alpha value is -3.12. The first-order chi connectivity index (χ1) is 11.7. The zero-order valence-corrected chi connectivity index (χ0v) is 13.2. The van der Waals surface area contributed by atoms with Gasteiger partial charge in [-0.1, -0.05) is 18.2 Å². The molecule has 0 aliphatic rings. The number of aromatic hydroxyl groups is 1. The van der Waals surface area contributed by atoms with Crippen molar-refractivity contribution in [2.75, 3.05) is 5.32 Å². The van der Waals surface area contributed by atoms with E-state index in [0.717, 1.165) is 11.1 Å². The summed E-state index contributed by atoms with van der Waals surface area (Å²) in [6, 6.07) is 16.0. The lowest BCUT2D eigenvalue weighted by Crippen LogP contribution is -2.00. The molecule has 4 aromatic rings. The van der Waals surface area contributed by atoms with Gasteiger partial charge in [0.05, 0.1) is 0 Å². The number of fused-ring (bicyclic) bond motifs is 1. The van der Waals surface area contributed by atoms with E-state index in [0.29, 0.717) is 16.4 Å². The Labute approximate surface area is 141 Å². The Kier molecular flexibility index (Phi) is 3.51. The van der Waals surface area contributed by atoms with Gasteiger partial charge in [-0.3, -0.25) is 4.79 Å². The molecule has 0 saturated heterocycles. The Morgan fingerprint density at radius 1 is 1.12 bits per heavy atom. The number of thiazole rings is 1. The number of phenolic OH excluding ortho intramolecular Hbond substituents is 1. The molecule has 0 unspecified atom stereocenters. The van der Waals surface area contributed by atoms with Crippen molar-refractivity contribution in [3.05, 3.63) is 71.4 Å². The average molecular weight is 336 g/mol. The average Bonchev–Trinajstić information content (AvgIpc) is 3.21. The highest BCUT2D eigenvalue weighted by Crippen LogP contribution is 2.27. The Morgan fingerprint density at radius 2 is 1.96 bits per heavy atom. The number of aromatic nitrogens is 1. The van der Waals surface area contributed by atoms with Gasteiger partial charge in [0.2, 0.25) is 5.78 Å². The molecular formula is C18H12N2O3S. The minimum atomic E-state index is -0.289. The molecule has 6 heteroatoms. The zero-order valence-electron chi connectivity index (χ0n) is 12.4. The fraction of sp³-hybridized carbons (Fsp3) is 0. The third kappa shape index (κ3) is 2.75. The largest absolute Gasteiger partial charge is 0.508 e. The van der Waals surface area contributed by atoms with Gasteiger partial charge in [0, 0.05) is 22.5 Å². The van der Waals surface area contributed by atoms with Crippen molar-refractivity contribution in [2.24, 2.45) is 0 Å². The fourth-order valence-corrected chi connectivity index (χ4v) is 3.05. The van der Waals surface area contributed by atoms with Gasteiger partial charge in [-0.2, -0.15) is 0 Å². The van der Waals surface area contributed by atoms with Crippen molar-refractivity contribution in [1.82, 2.24) is 4.98 Å². The van der Waals surface area contributed by atoms with Crippen LogP contribution in [0.15, 0.2) is 64.4 Å². The van der Waals surface area contributed by atoms with Crippen molar-refractivity contribution in [3.8, 4) is 5.75 Å². The Bertz CT molecular complexity index is 1020. The summed E-state index contributed by atoms with van der Waals surface area (Å²) >= 11 is 1.35. The van der Waals surface area contributed by atoms with Gasteiger partial charge in [0.1, 0.15) is 17.0 Å². The summed E-state index contributed by atoms with van der Waals surface area (Å²) in [6.45, 7) is 0. The molecule has 2 heterocycles. The molecule has 4 rings (SSSR count). The highest BCUT2D eigenvalue weighted by Gasteiger charge is 2.18. The van der Waals surface area contributed by atoms with Crippen molar-refractivity contribution >= 4 is 38.9 Å². The molecule has 0 aliphatic carbocycles. The van der Waals surface area contributed by atoms with E-state index < -0.39 is 0 Å². The molecule has 2 aromatic heterocycles. The molecule has 0 fully saturated rings. The van der Waals surface area contributed by atoms with Gasteiger partial charge >= 0.3 is 0 Å². The summed E-state index contributed by atoms with van der Waals surface area (Å²) in [5.74, 6) is 0.00840. The summed E-state index contributed by atoms with van der Waals surface area (Å²) < 4.78 is 5.53. The maximum absolute atomic E-state index is 12.5. The van der Waals surface area contributed by atoms with Crippen molar-refractivity contribution in [1.29, 1.82) is 0 Å². The van der Waals surface area contributed by atoms with Crippen LogP contribution in [-0.2, 0) is 0 Å². The first-order valence-corrected chi connectivity index (χ1v) is 8.12. The van der Waals surface area contributed by atoms with Crippen LogP contribution in [0.1, 0.15) is 16.2 Å². The van der Waals surface area contributed by atoms with E-state index in [1.165, 1.54) is 17.4 Å². The molecule has 0 amide bonds. The van der Waals surface area contributed by atoms with Crippen molar-refractivity contribution in [3.63, 3.8) is 0 Å². The minimum Gasteiger partial charge on any atom is -0.508 e. The number of hydrogen-bond acceptors (Lipinski definition) is 6. The van der Waals surface area contributed by atoms with Crippen LogP contribution in [0.3, 0.4) is 0 Å². The predicted octanol–water partition coefficient (Wildman–Crippen LogP) is 4.57. The monoisotopic (exact) mass is 336 g/mol. The number of benzene rings is 2. The molecule has 0 spiro atoms. The zero-order chi connectivity index (χ0) is 16.5. The maximum Gasteiger partial charge on any atom is 0.247 e. The third-order valence-electron chi connectivity index (χ3n) is 3.49. The number of anilines is 2. The normalized spacial score (nSPS) is 10.8. The molecule has 2 aromatic carbocycles. The van der Waals surface area contributed by atoms with Crippen LogP contribution < -0.4 is 5.32 Å². The van der Waals surface area contributed by atoms with Crippen LogP contribution in [0.25, 0.3) is 11.0 Å². The standard InChI is InChI=1S/C18H12N2O3S/c21-13-7-6-11-8-16(23-15(11)9-13)17(22)14-10-24-18(20-14)19-12-4-2-1-3-5-12/h1-10,21H,(H,19,20). The van der Waals surface area contributed by atoms with E-state index in [-0.39, 0.29) is 17.3 Å². The second kappa shape index (κ2) is 5.82. The van der Waals surface area contributed by atoms with Gasteiger partial charge in [-0.25, -0.2) is 4.98 Å². The molecular weight excluding hydrogens is 324 g/mol. The molecule has 0 atom stereocenters. The molecule has 0 saturated carbocycles. The van der Waals surface area contributed by atoms with E-state index in [2.05, 4.69) is 10.3 Å². The lowest BCUT2D eigenvalue weighted by molar-refractivity contribution is 0.101. The quantitative estimate of drug-likeness (QED) is 0.534. The number of carbonyl (C=O) groups is 1. The summed E-state index contributed by atoms with van der Waals surface area (Å²) in [6.07, 6.45) is 0. The Balaban J connectivity index is 1.60. The number of furan rings is 1. The number of carbonyl (C=O) groups excluding carboxylic acids is 1. The van der Waals surface area contributed by atoms with E-state index in [9.17, 15) is 9.90 Å². The Morgan fingerprint density at radius 3 is 2.79 bits per heavy atom. The molecule has 5 nitrogen and oxygen atoms in total. The van der Waals surface area contributed by atoms with Gasteiger partial charge in [-0.05, 0) is 30.3 Å². The highest BCUT2D eigenvalue weighted by molar-refractivity contribution is 7.14. The number of rotatable bonds is 4. The van der Waals surface area contributed by atoms with E-state index in [4.69, 9.17) is 4.42 Å². The summed E-state index contributed by atoms with van der Waals surface area (Å²) in [7, 11) is 0. The second-order valence-electron chi connectivity index (χ2n) is 5.19. The van der Waals surface area contributed by atoms with Crippen LogP contribution in [0.5, 0.6) is 5.75 Å². The number of para-hydroxylation sites is 1. The topological polar surface area (TPSA) is 75.4 Å². The number of phenols is 1. The minimum absolute atomic E-state index is 0.0962. The summed E-state index contributed by atoms with van der Waals surface area (Å²) in [4.78, 5) is 16.8. The van der Waals surface area contributed by atoms with Crippen LogP contribution >= 0.6 is 11.3 Å². The van der Waals surface area contributed by atoms with Crippen molar-refractivity contribution < 1.29 is 14.3 Å². The molecule has 118 valence electrons. The van der Waals surface area contributed by atoms with E-state index >= 15 is 0 Å². The molecule has 24 heavy (non-hydrogen) atoms. The van der Waals surface area contributed by atoms with Crippen LogP contribution in [0.2, 0.25) is 0 Å². The SMILES string of the molecule is O=C(c1csc(Nc2ccccc2)n1)c1cc2ccc(O)cc2o1. The molecule has 0 bridgehead atoms. The predicted molar refractivity (Wildman–Crippen MR) is 93.2 cm³/mol. The van der Waals surface area contributed by atoms with Gasteiger partial charge in [0.15, 0.2) is 10.9 Å². The molecule has 0 radical (unpaired) electrons. The summed E-state index contributed by atoms with van der Waals surface area (Å²) in [5.41, 5.74) is 1.70. The highest BCUT2D eigenvalue weighted by atomic mass is 32.1. The van der Waals surface area contributed by atoms with Gasteiger partial charge < -0.3 is 14.8 Å².